The van der Waals surface area contributed by atoms with Crippen molar-refractivity contribution in [2.24, 2.45) is 0 Å². The van der Waals surface area contributed by atoms with Gasteiger partial charge in [0.05, 0.1) is 22.0 Å². The van der Waals surface area contributed by atoms with Gasteiger partial charge in [-0.2, -0.15) is 0 Å². The van der Waals surface area contributed by atoms with E-state index in [0.29, 0.717) is 18.0 Å². The maximum Gasteiger partial charge on any atom is 0.279 e. The number of nitro benzene ring substituents is 2. The first-order valence-corrected chi connectivity index (χ1v) is 8.81. The van der Waals surface area contributed by atoms with Crippen LogP contribution in [-0.4, -0.2) is 22.4 Å². The zero-order valence-corrected chi connectivity index (χ0v) is 15.6. The maximum atomic E-state index is 12.4. The summed E-state index contributed by atoms with van der Waals surface area (Å²) in [5.74, 6) is -0.0153. The van der Waals surface area contributed by atoms with Crippen molar-refractivity contribution >= 4 is 23.0 Å². The van der Waals surface area contributed by atoms with Gasteiger partial charge in [-0.3, -0.25) is 25.0 Å². The van der Waals surface area contributed by atoms with Gasteiger partial charge in [0, 0.05) is 17.8 Å². The molecule has 0 saturated heterocycles. The number of ether oxygens (including phenoxy) is 1. The number of nitro groups is 2. The quantitative estimate of drug-likeness (QED) is 0.380. The molecule has 0 aliphatic carbocycles. The lowest BCUT2D eigenvalue weighted by molar-refractivity contribution is -0.395. The summed E-state index contributed by atoms with van der Waals surface area (Å²) in [6.07, 6.45) is 3.15. The number of anilines is 1. The summed E-state index contributed by atoms with van der Waals surface area (Å²) in [6.45, 7) is 3.99. The molecule has 0 bridgehead atoms. The highest BCUT2D eigenvalue weighted by Crippen LogP contribution is 2.29. The van der Waals surface area contributed by atoms with E-state index in [0.717, 1.165) is 31.4 Å². The number of hydrogen-bond donors (Lipinski definition) is 1. The maximum absolute atomic E-state index is 12.4. The highest BCUT2D eigenvalue weighted by atomic mass is 16.6. The van der Waals surface area contributed by atoms with E-state index < -0.39 is 27.1 Å². The van der Waals surface area contributed by atoms with Crippen LogP contribution in [0.5, 0.6) is 5.75 Å². The Morgan fingerprint density at radius 1 is 1.04 bits per heavy atom. The standard InChI is InChI=1S/C19H21N3O6/c1-3-4-5-10-28-16-8-6-15(7-9-16)20-19(23)14-11-17(21(24)25)13(2)18(12-14)22(26)27/h6-9,11-12H,3-5,10H2,1-2H3,(H,20,23). The number of unbranched alkanes of at least 4 members (excludes halogenated alkanes) is 2. The van der Waals surface area contributed by atoms with Gasteiger partial charge in [0.1, 0.15) is 11.3 Å². The number of amides is 1. The number of nitrogens with one attached hydrogen (secondary N) is 1. The van der Waals surface area contributed by atoms with Gasteiger partial charge < -0.3 is 10.1 Å². The number of rotatable bonds is 9. The molecule has 28 heavy (non-hydrogen) atoms. The van der Waals surface area contributed by atoms with Crippen LogP contribution in [0.3, 0.4) is 0 Å². The minimum absolute atomic E-state index is 0.101. The topological polar surface area (TPSA) is 125 Å². The Labute approximate surface area is 161 Å². The monoisotopic (exact) mass is 387 g/mol. The average Bonchev–Trinajstić information content (AvgIpc) is 2.66. The molecule has 0 aromatic heterocycles. The average molecular weight is 387 g/mol. The molecular weight excluding hydrogens is 366 g/mol. The first-order valence-electron chi connectivity index (χ1n) is 8.81. The van der Waals surface area contributed by atoms with E-state index in [-0.39, 0.29) is 11.1 Å². The second-order valence-corrected chi connectivity index (χ2v) is 6.19. The summed E-state index contributed by atoms with van der Waals surface area (Å²) < 4.78 is 5.59. The lowest BCUT2D eigenvalue weighted by Crippen LogP contribution is -2.13. The highest BCUT2D eigenvalue weighted by molar-refractivity contribution is 6.05. The van der Waals surface area contributed by atoms with E-state index in [1.165, 1.54) is 6.92 Å². The van der Waals surface area contributed by atoms with E-state index in [9.17, 15) is 25.0 Å². The van der Waals surface area contributed by atoms with Gasteiger partial charge in [0.2, 0.25) is 0 Å². The second kappa shape index (κ2) is 9.45. The third kappa shape index (κ3) is 5.26. The first kappa shape index (κ1) is 20.8. The normalized spacial score (nSPS) is 10.4. The molecular formula is C19H21N3O6. The Balaban J connectivity index is 2.14. The molecule has 0 radical (unpaired) electrons. The fraction of sp³-hybridized carbons (Fsp3) is 0.316. The molecule has 0 fully saturated rings. The Morgan fingerprint density at radius 3 is 2.11 bits per heavy atom. The van der Waals surface area contributed by atoms with Crippen LogP contribution >= 0.6 is 0 Å². The van der Waals surface area contributed by atoms with Crippen LogP contribution in [0.15, 0.2) is 36.4 Å². The number of hydrogen-bond acceptors (Lipinski definition) is 6. The molecule has 2 rings (SSSR count). The second-order valence-electron chi connectivity index (χ2n) is 6.19. The van der Waals surface area contributed by atoms with Gasteiger partial charge in [0.15, 0.2) is 0 Å². The van der Waals surface area contributed by atoms with E-state index in [2.05, 4.69) is 12.2 Å². The summed E-state index contributed by atoms with van der Waals surface area (Å²) >= 11 is 0. The number of nitrogens with zero attached hydrogens (tertiary/aromatic N) is 2. The zero-order valence-electron chi connectivity index (χ0n) is 15.6. The fourth-order valence-electron chi connectivity index (χ4n) is 2.57. The van der Waals surface area contributed by atoms with Crippen LogP contribution in [0, 0.1) is 27.2 Å². The molecule has 9 heteroatoms. The van der Waals surface area contributed by atoms with E-state index in [4.69, 9.17) is 4.74 Å². The molecule has 0 spiro atoms. The number of carbonyl (C=O) groups excluding carboxylic acids is 1. The summed E-state index contributed by atoms with van der Waals surface area (Å²) in [7, 11) is 0. The van der Waals surface area contributed by atoms with Gasteiger partial charge in [0.25, 0.3) is 17.3 Å². The van der Waals surface area contributed by atoms with E-state index >= 15 is 0 Å². The smallest absolute Gasteiger partial charge is 0.279 e. The van der Waals surface area contributed by atoms with Gasteiger partial charge in [-0.15, -0.1) is 0 Å². The summed E-state index contributed by atoms with van der Waals surface area (Å²) in [6, 6.07) is 8.71. The van der Waals surface area contributed by atoms with Crippen molar-refractivity contribution in [1.29, 1.82) is 0 Å². The molecule has 1 N–H and O–H groups in total. The molecule has 148 valence electrons. The van der Waals surface area contributed by atoms with Crippen LogP contribution in [-0.2, 0) is 0 Å². The molecule has 2 aromatic carbocycles. The minimum Gasteiger partial charge on any atom is -0.494 e. The van der Waals surface area contributed by atoms with Crippen molar-refractivity contribution in [3.63, 3.8) is 0 Å². The Bertz CT molecular complexity index is 845. The molecule has 2 aromatic rings. The van der Waals surface area contributed by atoms with Crippen molar-refractivity contribution < 1.29 is 19.4 Å². The molecule has 1 amide bonds. The van der Waals surface area contributed by atoms with Crippen molar-refractivity contribution in [3.05, 3.63) is 67.8 Å². The van der Waals surface area contributed by atoms with Crippen molar-refractivity contribution in [2.45, 2.75) is 33.1 Å². The highest BCUT2D eigenvalue weighted by Gasteiger charge is 2.25. The third-order valence-electron chi connectivity index (χ3n) is 4.14. The molecule has 0 atom stereocenters. The lowest BCUT2D eigenvalue weighted by atomic mass is 10.1. The third-order valence-corrected chi connectivity index (χ3v) is 4.14. The van der Waals surface area contributed by atoms with Gasteiger partial charge in [-0.25, -0.2) is 0 Å². The van der Waals surface area contributed by atoms with Gasteiger partial charge in [-0.1, -0.05) is 19.8 Å². The van der Waals surface area contributed by atoms with Crippen LogP contribution in [0.1, 0.15) is 42.1 Å². The van der Waals surface area contributed by atoms with E-state index in [1.54, 1.807) is 24.3 Å². The van der Waals surface area contributed by atoms with Crippen molar-refractivity contribution in [2.75, 3.05) is 11.9 Å². The Morgan fingerprint density at radius 2 is 1.61 bits per heavy atom. The Hall–Kier alpha value is -3.49. The van der Waals surface area contributed by atoms with E-state index in [1.807, 2.05) is 0 Å². The molecule has 0 saturated carbocycles. The molecule has 9 nitrogen and oxygen atoms in total. The summed E-state index contributed by atoms with van der Waals surface area (Å²) in [5, 5.41) is 24.8. The SMILES string of the molecule is CCCCCOc1ccc(NC(=O)c2cc([N+](=O)[O-])c(C)c([N+](=O)[O-])c2)cc1. The molecule has 0 aliphatic heterocycles. The van der Waals surface area contributed by atoms with Crippen LogP contribution in [0.25, 0.3) is 0 Å². The predicted octanol–water partition coefficient (Wildman–Crippen LogP) is 4.63. The van der Waals surface area contributed by atoms with Crippen LogP contribution < -0.4 is 10.1 Å². The molecule has 0 unspecified atom stereocenters. The minimum atomic E-state index is -0.746. The summed E-state index contributed by atoms with van der Waals surface area (Å²) in [5.41, 5.74) is -0.776. The largest absolute Gasteiger partial charge is 0.494 e. The fourth-order valence-corrected chi connectivity index (χ4v) is 2.57. The lowest BCUT2D eigenvalue weighted by Gasteiger charge is -2.09. The van der Waals surface area contributed by atoms with Crippen LogP contribution in [0.4, 0.5) is 17.1 Å². The van der Waals surface area contributed by atoms with Crippen LogP contribution in [0.2, 0.25) is 0 Å². The van der Waals surface area contributed by atoms with Gasteiger partial charge >= 0.3 is 0 Å². The first-order chi connectivity index (χ1) is 13.3. The van der Waals surface area contributed by atoms with Gasteiger partial charge in [-0.05, 0) is 37.6 Å². The zero-order chi connectivity index (χ0) is 20.7. The van der Waals surface area contributed by atoms with Crippen molar-refractivity contribution in [3.8, 4) is 5.75 Å². The Kier molecular flexibility index (Phi) is 7.02. The number of carbonyl (C=O) groups is 1. The predicted molar refractivity (Wildman–Crippen MR) is 104 cm³/mol. The summed E-state index contributed by atoms with van der Waals surface area (Å²) in [4.78, 5) is 33.2. The number of benzene rings is 2. The van der Waals surface area contributed by atoms with Crippen molar-refractivity contribution in [1.82, 2.24) is 0 Å². The molecule has 0 aliphatic rings. The molecule has 0 heterocycles.